The number of hydrogen-bond donors (Lipinski definition) is 0. The van der Waals surface area contributed by atoms with Crippen LogP contribution in [0.3, 0.4) is 0 Å². The fourth-order valence-electron chi connectivity index (χ4n) is 9.91. The second kappa shape index (κ2) is 13.7. The molecule has 0 spiro atoms. The predicted octanol–water partition coefficient (Wildman–Crippen LogP) is 12.1. The van der Waals surface area contributed by atoms with E-state index in [0.29, 0.717) is 17.8 Å². The molecule has 1 heterocycles. The SMILES string of the molecule is COc1nc(C(Cl)(Cl)Cl)c(Cl)c(OC(=O)OC2CC[C@@]3(C)C(=CCC4C5CCC(C(C)CCCC(C)C)[C@@]5(C)CCC43)C2)c1Cl. The van der Waals surface area contributed by atoms with E-state index in [-0.39, 0.29) is 38.9 Å². The highest BCUT2D eigenvalue weighted by Crippen LogP contribution is 2.67. The maximum Gasteiger partial charge on any atom is 0.514 e. The summed E-state index contributed by atoms with van der Waals surface area (Å²) in [6, 6.07) is 0. The molecule has 3 saturated carbocycles. The first-order chi connectivity index (χ1) is 21.1. The summed E-state index contributed by atoms with van der Waals surface area (Å²) < 4.78 is 14.5. The molecule has 252 valence electrons. The van der Waals surface area contributed by atoms with Crippen molar-refractivity contribution < 1.29 is 19.0 Å². The summed E-state index contributed by atoms with van der Waals surface area (Å²) in [6.45, 7) is 12.3. The van der Waals surface area contributed by atoms with Gasteiger partial charge < -0.3 is 14.2 Å². The van der Waals surface area contributed by atoms with Crippen LogP contribution in [0.25, 0.3) is 0 Å². The van der Waals surface area contributed by atoms with Gasteiger partial charge in [-0.25, -0.2) is 9.78 Å². The first-order valence-electron chi connectivity index (χ1n) is 16.7. The predicted molar refractivity (Wildman–Crippen MR) is 184 cm³/mol. The monoisotopic (exact) mass is 721 g/mol. The number of methoxy groups -OCH3 is 1. The maximum absolute atomic E-state index is 13.0. The smallest absolute Gasteiger partial charge is 0.480 e. The van der Waals surface area contributed by atoms with Gasteiger partial charge in [0, 0.05) is 6.42 Å². The highest BCUT2D eigenvalue weighted by molar-refractivity contribution is 6.67. The molecule has 1 aromatic heterocycles. The van der Waals surface area contributed by atoms with Gasteiger partial charge in [-0.1, -0.05) is 124 Å². The molecule has 5 rings (SSSR count). The van der Waals surface area contributed by atoms with E-state index in [1.165, 1.54) is 57.6 Å². The average Bonchev–Trinajstić information content (AvgIpc) is 3.32. The van der Waals surface area contributed by atoms with Crippen LogP contribution in [0, 0.1) is 46.3 Å². The summed E-state index contributed by atoms with van der Waals surface area (Å²) in [6.07, 6.45) is 14.3. The first-order valence-corrected chi connectivity index (χ1v) is 18.6. The van der Waals surface area contributed by atoms with E-state index < -0.39 is 9.95 Å². The Morgan fingerprint density at radius 1 is 1.02 bits per heavy atom. The molecule has 0 N–H and O–H groups in total. The van der Waals surface area contributed by atoms with E-state index in [1.807, 2.05) is 0 Å². The fourth-order valence-corrected chi connectivity index (χ4v) is 11.1. The van der Waals surface area contributed by atoms with Crippen LogP contribution in [0.2, 0.25) is 10.0 Å². The minimum absolute atomic E-state index is 0.0849. The standard InChI is InChI=1S/C35H48Cl5NO4/c1-19(2)8-7-9-20(3)24-12-13-25-23-11-10-21-18-22(14-16-33(21,4)26(23)15-17-34(24,25)5)44-32(42)45-29-27(36)30(35(38,39)40)41-31(43-6)28(29)37/h10,19-20,22-26H,7-9,11-18H2,1-6H3/t20?,22?,23?,24?,25?,26?,33-,34+/m0/s1. The number of carbonyl (C=O) groups excluding carboxylic acids is 1. The van der Waals surface area contributed by atoms with Crippen molar-refractivity contribution in [3.05, 3.63) is 27.4 Å². The number of nitrogens with zero attached hydrogens (tertiary/aromatic N) is 1. The molecule has 0 saturated heterocycles. The number of halogens is 5. The number of allylic oxidation sites excluding steroid dienone is 1. The molecule has 0 aliphatic heterocycles. The second-order valence-corrected chi connectivity index (χ2v) is 18.1. The summed E-state index contributed by atoms with van der Waals surface area (Å²) in [5, 5.41) is -0.309. The molecule has 0 bridgehead atoms. The number of hydrogen-bond acceptors (Lipinski definition) is 5. The zero-order valence-corrected chi connectivity index (χ0v) is 31.1. The third kappa shape index (κ3) is 6.96. The minimum Gasteiger partial charge on any atom is -0.480 e. The average molecular weight is 724 g/mol. The number of pyridine rings is 1. The van der Waals surface area contributed by atoms with Gasteiger partial charge in [0.15, 0.2) is 5.75 Å². The van der Waals surface area contributed by atoms with Crippen molar-refractivity contribution >= 4 is 64.2 Å². The van der Waals surface area contributed by atoms with Gasteiger partial charge in [-0.2, -0.15) is 0 Å². The van der Waals surface area contributed by atoms with Gasteiger partial charge in [-0.05, 0) is 91.3 Å². The van der Waals surface area contributed by atoms with Crippen molar-refractivity contribution in [1.82, 2.24) is 4.98 Å². The number of ether oxygens (including phenoxy) is 3. The van der Waals surface area contributed by atoms with Crippen LogP contribution in [-0.2, 0) is 8.53 Å². The highest BCUT2D eigenvalue weighted by Gasteiger charge is 2.59. The molecule has 3 fully saturated rings. The highest BCUT2D eigenvalue weighted by atomic mass is 35.6. The lowest BCUT2D eigenvalue weighted by molar-refractivity contribution is -0.0597. The van der Waals surface area contributed by atoms with Crippen LogP contribution in [0.1, 0.15) is 111 Å². The molecule has 0 radical (unpaired) electrons. The zero-order chi connectivity index (χ0) is 32.9. The fraction of sp³-hybridized carbons (Fsp3) is 0.771. The zero-order valence-electron chi connectivity index (χ0n) is 27.4. The number of alkyl halides is 3. The Kier molecular flexibility index (Phi) is 10.9. The summed E-state index contributed by atoms with van der Waals surface area (Å²) in [5.41, 5.74) is 1.86. The van der Waals surface area contributed by atoms with Crippen LogP contribution in [0.4, 0.5) is 4.79 Å². The van der Waals surface area contributed by atoms with E-state index in [1.54, 1.807) is 0 Å². The van der Waals surface area contributed by atoms with Crippen molar-refractivity contribution in [2.24, 2.45) is 46.3 Å². The summed E-state index contributed by atoms with van der Waals surface area (Å²) in [7, 11) is 1.35. The molecule has 5 nitrogen and oxygen atoms in total. The number of rotatable bonds is 8. The molecule has 0 amide bonds. The molecule has 4 aliphatic carbocycles. The maximum atomic E-state index is 13.0. The number of fused-ring (bicyclic) bond motifs is 5. The van der Waals surface area contributed by atoms with Gasteiger partial charge >= 0.3 is 6.16 Å². The van der Waals surface area contributed by atoms with Crippen LogP contribution >= 0.6 is 58.0 Å². The molecule has 6 unspecified atom stereocenters. The Morgan fingerprint density at radius 3 is 2.42 bits per heavy atom. The van der Waals surface area contributed by atoms with Crippen LogP contribution in [0.5, 0.6) is 11.6 Å². The molecule has 0 aromatic carbocycles. The molecular weight excluding hydrogens is 676 g/mol. The van der Waals surface area contributed by atoms with Crippen molar-refractivity contribution in [1.29, 1.82) is 0 Å². The second-order valence-electron chi connectivity index (χ2n) is 15.0. The Hall–Kier alpha value is -0.590. The molecular formula is C35H48Cl5NO4. The Balaban J connectivity index is 1.25. The van der Waals surface area contributed by atoms with E-state index in [0.717, 1.165) is 48.9 Å². The lowest BCUT2D eigenvalue weighted by Crippen LogP contribution is -2.51. The first kappa shape index (κ1) is 35.7. The van der Waals surface area contributed by atoms with E-state index in [2.05, 4.69) is 45.7 Å². The third-order valence-corrected chi connectivity index (χ3v) is 13.4. The topological polar surface area (TPSA) is 57.7 Å². The van der Waals surface area contributed by atoms with Crippen LogP contribution in [0.15, 0.2) is 11.6 Å². The minimum atomic E-state index is -1.99. The molecule has 45 heavy (non-hydrogen) atoms. The van der Waals surface area contributed by atoms with Crippen molar-refractivity contribution in [2.45, 2.75) is 115 Å². The van der Waals surface area contributed by atoms with Gasteiger partial charge in [-0.3, -0.25) is 0 Å². The van der Waals surface area contributed by atoms with Gasteiger partial charge in [0.25, 0.3) is 0 Å². The number of aromatic nitrogens is 1. The summed E-state index contributed by atoms with van der Waals surface area (Å²) >= 11 is 30.8. The van der Waals surface area contributed by atoms with E-state index in [9.17, 15) is 4.79 Å². The third-order valence-electron chi connectivity index (χ3n) is 12.2. The van der Waals surface area contributed by atoms with Gasteiger partial charge in [-0.15, -0.1) is 0 Å². The summed E-state index contributed by atoms with van der Waals surface area (Å²) in [4.78, 5) is 17.1. The van der Waals surface area contributed by atoms with Gasteiger partial charge in [0.2, 0.25) is 9.67 Å². The van der Waals surface area contributed by atoms with Gasteiger partial charge in [0.1, 0.15) is 21.8 Å². The van der Waals surface area contributed by atoms with Crippen molar-refractivity contribution in [3.8, 4) is 11.6 Å². The molecule has 4 aliphatic rings. The molecule has 1 aromatic rings. The Morgan fingerprint density at radius 2 is 1.76 bits per heavy atom. The van der Waals surface area contributed by atoms with E-state index >= 15 is 0 Å². The van der Waals surface area contributed by atoms with Crippen LogP contribution < -0.4 is 9.47 Å². The van der Waals surface area contributed by atoms with Crippen molar-refractivity contribution in [2.75, 3.05) is 7.11 Å². The normalized spacial score (nSPS) is 33.5. The van der Waals surface area contributed by atoms with E-state index in [4.69, 9.17) is 72.2 Å². The lowest BCUT2D eigenvalue weighted by atomic mass is 9.47. The largest absolute Gasteiger partial charge is 0.514 e. The Bertz CT molecular complexity index is 1300. The molecule has 8 atom stereocenters. The molecule has 10 heteroatoms. The van der Waals surface area contributed by atoms with Crippen LogP contribution in [-0.4, -0.2) is 24.4 Å². The lowest BCUT2D eigenvalue weighted by Gasteiger charge is -2.58. The van der Waals surface area contributed by atoms with Gasteiger partial charge in [0.05, 0.1) is 7.11 Å². The Labute approximate surface area is 294 Å². The quantitative estimate of drug-likeness (QED) is 0.152. The number of carbonyl (C=O) groups is 1. The summed E-state index contributed by atoms with van der Waals surface area (Å²) in [5.74, 6) is 4.37. The van der Waals surface area contributed by atoms with Crippen molar-refractivity contribution in [3.63, 3.8) is 0 Å².